The van der Waals surface area contributed by atoms with Gasteiger partial charge in [0.15, 0.2) is 0 Å². The number of pyridine rings is 1. The normalized spacial score (nSPS) is 22.9. The quantitative estimate of drug-likeness (QED) is 0.647. The second kappa shape index (κ2) is 10.4. The molecule has 188 valence electrons. The lowest BCUT2D eigenvalue weighted by molar-refractivity contribution is -0.148. The fraction of sp³-hybridized carbons (Fsp3) is 0.654. The van der Waals surface area contributed by atoms with Gasteiger partial charge in [-0.05, 0) is 62.5 Å². The van der Waals surface area contributed by atoms with Crippen LogP contribution in [0.3, 0.4) is 0 Å². The van der Waals surface area contributed by atoms with Gasteiger partial charge in [0.05, 0.1) is 5.60 Å². The Morgan fingerprint density at radius 1 is 1.09 bits per heavy atom. The molecule has 35 heavy (non-hydrogen) atoms. The van der Waals surface area contributed by atoms with E-state index in [4.69, 9.17) is 9.26 Å². The van der Waals surface area contributed by atoms with Crippen molar-refractivity contribution in [2.75, 3.05) is 32.8 Å². The van der Waals surface area contributed by atoms with Crippen molar-refractivity contribution in [3.8, 4) is 11.4 Å². The molecule has 3 saturated heterocycles. The highest BCUT2D eigenvalue weighted by Gasteiger charge is 2.41. The summed E-state index contributed by atoms with van der Waals surface area (Å²) >= 11 is 0. The number of nitrogens with zero attached hydrogens (tertiary/aromatic N) is 5. The molecule has 0 aromatic carbocycles. The van der Waals surface area contributed by atoms with Crippen LogP contribution in [-0.2, 0) is 20.7 Å². The van der Waals surface area contributed by atoms with Crippen molar-refractivity contribution in [2.24, 2.45) is 11.8 Å². The Morgan fingerprint density at radius 3 is 2.60 bits per heavy atom. The van der Waals surface area contributed by atoms with Gasteiger partial charge in [0.1, 0.15) is 0 Å². The zero-order valence-corrected chi connectivity index (χ0v) is 20.5. The smallest absolute Gasteiger partial charge is 0.227 e. The highest BCUT2D eigenvalue weighted by atomic mass is 16.5. The average molecular weight is 482 g/mol. The molecule has 0 N–H and O–H groups in total. The molecule has 1 spiro atoms. The molecule has 9 heteroatoms. The fourth-order valence-electron chi connectivity index (χ4n) is 5.84. The van der Waals surface area contributed by atoms with Crippen LogP contribution in [0, 0.1) is 11.8 Å². The molecule has 2 aromatic heterocycles. The Labute approximate surface area is 206 Å². The van der Waals surface area contributed by atoms with Gasteiger partial charge in [0.25, 0.3) is 0 Å². The molecule has 0 aliphatic carbocycles. The highest BCUT2D eigenvalue weighted by molar-refractivity contribution is 5.77. The van der Waals surface area contributed by atoms with Crippen LogP contribution >= 0.6 is 0 Å². The maximum absolute atomic E-state index is 13.0. The van der Waals surface area contributed by atoms with Gasteiger partial charge >= 0.3 is 0 Å². The van der Waals surface area contributed by atoms with Gasteiger partial charge in [-0.3, -0.25) is 14.6 Å². The van der Waals surface area contributed by atoms with Gasteiger partial charge in [-0.15, -0.1) is 0 Å². The first-order valence-electron chi connectivity index (χ1n) is 12.9. The van der Waals surface area contributed by atoms with Crippen LogP contribution in [-0.4, -0.2) is 75.1 Å². The minimum Gasteiger partial charge on any atom is -0.375 e. The van der Waals surface area contributed by atoms with Crippen LogP contribution in [0.15, 0.2) is 29.0 Å². The Bertz CT molecular complexity index is 1010. The topological polar surface area (TPSA) is 102 Å². The summed E-state index contributed by atoms with van der Waals surface area (Å²) in [5, 5.41) is 4.13. The van der Waals surface area contributed by atoms with E-state index >= 15 is 0 Å². The predicted molar refractivity (Wildman–Crippen MR) is 128 cm³/mol. The van der Waals surface area contributed by atoms with Gasteiger partial charge < -0.3 is 19.1 Å². The first-order valence-corrected chi connectivity index (χ1v) is 12.9. The van der Waals surface area contributed by atoms with Crippen molar-refractivity contribution >= 4 is 11.8 Å². The van der Waals surface area contributed by atoms with E-state index in [0.29, 0.717) is 30.0 Å². The van der Waals surface area contributed by atoms with Gasteiger partial charge in [0.2, 0.25) is 23.5 Å². The van der Waals surface area contributed by atoms with E-state index < -0.39 is 0 Å². The number of rotatable bonds is 5. The first-order chi connectivity index (χ1) is 17.0. The monoisotopic (exact) mass is 481 g/mol. The number of piperidine rings is 2. The molecule has 5 heterocycles. The zero-order chi connectivity index (χ0) is 24.3. The van der Waals surface area contributed by atoms with Gasteiger partial charge in [-0.1, -0.05) is 5.16 Å². The third-order valence-electron chi connectivity index (χ3n) is 8.00. The van der Waals surface area contributed by atoms with Crippen LogP contribution in [0.4, 0.5) is 0 Å². The average Bonchev–Trinajstić information content (AvgIpc) is 3.34. The Kier molecular flexibility index (Phi) is 7.13. The second-order valence-electron chi connectivity index (χ2n) is 10.4. The van der Waals surface area contributed by atoms with Crippen molar-refractivity contribution in [2.45, 2.75) is 63.9 Å². The lowest BCUT2D eigenvalue weighted by atomic mass is 9.78. The summed E-state index contributed by atoms with van der Waals surface area (Å²) in [6.45, 7) is 5.41. The van der Waals surface area contributed by atoms with E-state index in [9.17, 15) is 9.59 Å². The summed E-state index contributed by atoms with van der Waals surface area (Å²) in [4.78, 5) is 37.1. The van der Waals surface area contributed by atoms with E-state index in [1.807, 2.05) is 21.9 Å². The predicted octanol–water partition coefficient (Wildman–Crippen LogP) is 3.11. The van der Waals surface area contributed by atoms with Crippen molar-refractivity contribution in [1.29, 1.82) is 0 Å². The zero-order valence-electron chi connectivity index (χ0n) is 20.5. The third kappa shape index (κ3) is 5.72. The molecule has 1 unspecified atom stereocenters. The van der Waals surface area contributed by atoms with E-state index in [0.717, 1.165) is 83.3 Å². The maximum Gasteiger partial charge on any atom is 0.227 e. The molecule has 0 bridgehead atoms. The molecule has 3 aliphatic rings. The lowest BCUT2D eigenvalue weighted by Crippen LogP contribution is -2.51. The first kappa shape index (κ1) is 23.9. The number of ether oxygens (including phenoxy) is 1. The van der Waals surface area contributed by atoms with Crippen LogP contribution in [0.25, 0.3) is 11.4 Å². The minimum absolute atomic E-state index is 0.134. The SMILES string of the molecule is CC(=O)N1CCC(CC(=O)N2CCC3(CC2)CC(Cc2nc(-c4cccnc4)no2)CCO3)CC1. The van der Waals surface area contributed by atoms with Crippen molar-refractivity contribution in [1.82, 2.24) is 24.9 Å². The van der Waals surface area contributed by atoms with E-state index in [1.54, 1.807) is 19.3 Å². The van der Waals surface area contributed by atoms with Crippen LogP contribution < -0.4 is 0 Å². The highest BCUT2D eigenvalue weighted by Crippen LogP contribution is 2.39. The molecule has 9 nitrogen and oxygen atoms in total. The summed E-state index contributed by atoms with van der Waals surface area (Å²) in [6.07, 6.45) is 10.4. The number of aromatic nitrogens is 3. The summed E-state index contributed by atoms with van der Waals surface area (Å²) in [5.41, 5.74) is 0.700. The number of carbonyl (C=O) groups excluding carboxylic acids is 2. The lowest BCUT2D eigenvalue weighted by Gasteiger charge is -2.46. The molecule has 2 amide bonds. The molecule has 5 rings (SSSR count). The number of amides is 2. The van der Waals surface area contributed by atoms with Crippen molar-refractivity contribution in [3.05, 3.63) is 30.4 Å². The van der Waals surface area contributed by atoms with E-state index in [-0.39, 0.29) is 17.4 Å². The molecule has 1 atom stereocenters. The largest absolute Gasteiger partial charge is 0.375 e. The molecular formula is C26H35N5O4. The van der Waals surface area contributed by atoms with Gasteiger partial charge in [-0.25, -0.2) is 0 Å². The fourth-order valence-corrected chi connectivity index (χ4v) is 5.84. The Morgan fingerprint density at radius 2 is 1.89 bits per heavy atom. The molecule has 0 saturated carbocycles. The van der Waals surface area contributed by atoms with Crippen LogP contribution in [0.2, 0.25) is 0 Å². The Balaban J connectivity index is 1.10. The number of likely N-dealkylation sites (tertiary alicyclic amines) is 2. The number of hydrogen-bond acceptors (Lipinski definition) is 7. The summed E-state index contributed by atoms with van der Waals surface area (Å²) in [6, 6.07) is 3.79. The minimum atomic E-state index is -0.154. The summed E-state index contributed by atoms with van der Waals surface area (Å²) in [7, 11) is 0. The van der Waals surface area contributed by atoms with Gasteiger partial charge in [-0.2, -0.15) is 4.98 Å². The molecule has 3 fully saturated rings. The van der Waals surface area contributed by atoms with Crippen molar-refractivity contribution in [3.63, 3.8) is 0 Å². The Hall–Kier alpha value is -2.81. The van der Waals surface area contributed by atoms with Crippen LogP contribution in [0.5, 0.6) is 0 Å². The number of hydrogen-bond donors (Lipinski definition) is 0. The van der Waals surface area contributed by atoms with Crippen molar-refractivity contribution < 1.29 is 18.8 Å². The molecular weight excluding hydrogens is 446 g/mol. The molecule has 2 aromatic rings. The second-order valence-corrected chi connectivity index (χ2v) is 10.4. The molecule has 3 aliphatic heterocycles. The standard InChI is InChI=1S/C26H35N5O4/c1-19(32)30-10-4-20(5-11-30)16-24(33)31-12-7-26(8-13-31)17-21(6-14-34-26)15-23-28-25(29-35-23)22-3-2-9-27-18-22/h2-3,9,18,20-21H,4-8,10-17H2,1H3. The maximum atomic E-state index is 13.0. The van der Waals surface area contributed by atoms with Gasteiger partial charge in [0, 0.05) is 70.5 Å². The van der Waals surface area contributed by atoms with Crippen LogP contribution in [0.1, 0.15) is 57.8 Å². The van der Waals surface area contributed by atoms with E-state index in [1.165, 1.54) is 0 Å². The summed E-state index contributed by atoms with van der Waals surface area (Å²) < 4.78 is 11.8. The third-order valence-corrected chi connectivity index (χ3v) is 8.00. The number of carbonyl (C=O) groups is 2. The van der Waals surface area contributed by atoms with E-state index in [2.05, 4.69) is 15.1 Å². The summed E-state index contributed by atoms with van der Waals surface area (Å²) in [5.74, 6) is 2.44. The molecule has 0 radical (unpaired) electrons.